The van der Waals surface area contributed by atoms with Crippen molar-refractivity contribution >= 4 is 29.1 Å². The molecule has 5 nitrogen and oxygen atoms in total. The summed E-state index contributed by atoms with van der Waals surface area (Å²) in [6.45, 7) is 4.83. The third-order valence-corrected chi connectivity index (χ3v) is 6.17. The first-order valence-corrected chi connectivity index (χ1v) is 10.8. The van der Waals surface area contributed by atoms with Crippen LogP contribution in [0.25, 0.3) is 0 Å². The minimum Gasteiger partial charge on any atom is -0.354 e. The van der Waals surface area contributed by atoms with E-state index in [-0.39, 0.29) is 5.91 Å². The minimum atomic E-state index is -0.705. The molecule has 1 atom stereocenters. The van der Waals surface area contributed by atoms with Crippen LogP contribution in [0.2, 0.25) is 10.0 Å². The van der Waals surface area contributed by atoms with E-state index in [1.807, 2.05) is 18.2 Å². The molecule has 0 aliphatic carbocycles. The van der Waals surface area contributed by atoms with E-state index in [0.29, 0.717) is 22.5 Å². The zero-order chi connectivity index (χ0) is 20.7. The van der Waals surface area contributed by atoms with Crippen molar-refractivity contribution in [3.8, 4) is 0 Å². The Labute approximate surface area is 182 Å². The van der Waals surface area contributed by atoms with E-state index < -0.39 is 5.54 Å². The summed E-state index contributed by atoms with van der Waals surface area (Å²) in [6.07, 6.45) is 6.95. The van der Waals surface area contributed by atoms with Crippen LogP contribution in [0, 0.1) is 5.92 Å². The summed E-state index contributed by atoms with van der Waals surface area (Å²) < 4.78 is 0. The van der Waals surface area contributed by atoms with Crippen molar-refractivity contribution in [1.82, 2.24) is 20.9 Å². The van der Waals surface area contributed by atoms with Gasteiger partial charge in [-0.25, -0.2) is 0 Å². The molecule has 3 rings (SSSR count). The summed E-state index contributed by atoms with van der Waals surface area (Å²) in [5, 5.41) is 11.3. The number of aromatic nitrogens is 1. The Morgan fingerprint density at radius 3 is 2.62 bits per heavy atom. The third kappa shape index (κ3) is 5.70. The maximum atomic E-state index is 11.8. The van der Waals surface area contributed by atoms with E-state index >= 15 is 0 Å². The number of benzene rings is 1. The molecule has 1 amide bonds. The fraction of sp³-hybridized carbons (Fsp3) is 0.455. The van der Waals surface area contributed by atoms with Crippen LogP contribution in [0.4, 0.5) is 0 Å². The normalized spacial score (nSPS) is 16.9. The summed E-state index contributed by atoms with van der Waals surface area (Å²) in [5.74, 6) is 0.594. The molecule has 1 unspecified atom stereocenters. The fourth-order valence-corrected chi connectivity index (χ4v) is 4.44. The quantitative estimate of drug-likeness (QED) is 0.591. The molecule has 0 spiro atoms. The van der Waals surface area contributed by atoms with Gasteiger partial charge in [-0.05, 0) is 86.3 Å². The number of amides is 1. The summed E-state index contributed by atoms with van der Waals surface area (Å²) in [6, 6.07) is 9.37. The number of carbonyl (C=O) groups is 1. The molecule has 1 aliphatic heterocycles. The van der Waals surface area contributed by atoms with Crippen molar-refractivity contribution in [2.24, 2.45) is 5.92 Å². The lowest BCUT2D eigenvalue weighted by Crippen LogP contribution is -2.52. The Hall–Kier alpha value is -1.66. The lowest BCUT2D eigenvalue weighted by atomic mass is 9.82. The van der Waals surface area contributed by atoms with Gasteiger partial charge in [-0.2, -0.15) is 0 Å². The lowest BCUT2D eigenvalue weighted by molar-refractivity contribution is -0.119. The first kappa shape index (κ1) is 22.0. The number of rotatable bonds is 8. The van der Waals surface area contributed by atoms with Gasteiger partial charge in [0.2, 0.25) is 5.91 Å². The van der Waals surface area contributed by atoms with Crippen LogP contribution in [0.1, 0.15) is 37.3 Å². The van der Waals surface area contributed by atoms with Gasteiger partial charge in [0.25, 0.3) is 0 Å². The molecule has 1 aliphatic rings. The number of nitrogens with zero attached hydrogens (tertiary/aromatic N) is 1. The molecule has 1 aromatic heterocycles. The molecule has 3 N–H and O–H groups in total. The van der Waals surface area contributed by atoms with Crippen molar-refractivity contribution in [3.63, 3.8) is 0 Å². The first-order valence-electron chi connectivity index (χ1n) is 10.1. The first-order chi connectivity index (χ1) is 14.0. The number of halogens is 2. The standard InChI is InChI=1S/C22H28Cl2N4O/c1-16(29)27-15-22(18-7-11-26-12-8-18,20-14-19(23)2-3-21(20)24)28-13-6-17-4-9-25-10-5-17/h2-3,7-8,11-12,14,17,25,28H,4-6,9-10,13,15H2,1H3,(H,27,29). The highest BCUT2D eigenvalue weighted by atomic mass is 35.5. The Balaban J connectivity index is 1.96. The van der Waals surface area contributed by atoms with Crippen LogP contribution in [-0.2, 0) is 10.3 Å². The number of hydrogen-bond acceptors (Lipinski definition) is 4. The van der Waals surface area contributed by atoms with Gasteiger partial charge >= 0.3 is 0 Å². The van der Waals surface area contributed by atoms with Gasteiger partial charge < -0.3 is 16.0 Å². The summed E-state index contributed by atoms with van der Waals surface area (Å²) in [7, 11) is 0. The smallest absolute Gasteiger partial charge is 0.216 e. The minimum absolute atomic E-state index is 0.0956. The van der Waals surface area contributed by atoms with Crippen molar-refractivity contribution in [2.75, 3.05) is 26.2 Å². The van der Waals surface area contributed by atoms with Crippen LogP contribution in [0.3, 0.4) is 0 Å². The monoisotopic (exact) mass is 434 g/mol. The Morgan fingerprint density at radius 2 is 1.93 bits per heavy atom. The topological polar surface area (TPSA) is 66.1 Å². The van der Waals surface area contributed by atoms with Gasteiger partial charge in [0.15, 0.2) is 0 Å². The molecule has 29 heavy (non-hydrogen) atoms. The molecule has 7 heteroatoms. The van der Waals surface area contributed by atoms with Gasteiger partial charge in [0.05, 0.1) is 5.54 Å². The summed E-state index contributed by atoms with van der Waals surface area (Å²) in [5.41, 5.74) is 1.12. The van der Waals surface area contributed by atoms with Gasteiger partial charge in [0.1, 0.15) is 0 Å². The second-order valence-corrected chi connectivity index (χ2v) is 8.43. The van der Waals surface area contributed by atoms with Crippen LogP contribution in [0.15, 0.2) is 42.7 Å². The Bertz CT molecular complexity index is 812. The van der Waals surface area contributed by atoms with E-state index in [1.165, 1.54) is 19.8 Å². The third-order valence-electron chi connectivity index (χ3n) is 5.60. The Morgan fingerprint density at radius 1 is 1.21 bits per heavy atom. The molecule has 1 aromatic carbocycles. The number of carbonyl (C=O) groups excluding carboxylic acids is 1. The molecule has 0 radical (unpaired) electrons. The largest absolute Gasteiger partial charge is 0.354 e. The van der Waals surface area contributed by atoms with Crippen LogP contribution < -0.4 is 16.0 Å². The number of hydrogen-bond donors (Lipinski definition) is 3. The van der Waals surface area contributed by atoms with E-state index in [2.05, 4.69) is 20.9 Å². The van der Waals surface area contributed by atoms with Crippen molar-refractivity contribution in [3.05, 3.63) is 63.9 Å². The SMILES string of the molecule is CC(=O)NCC(NCCC1CCNCC1)(c1ccncc1)c1cc(Cl)ccc1Cl. The highest BCUT2D eigenvalue weighted by molar-refractivity contribution is 6.33. The average Bonchev–Trinajstić information content (AvgIpc) is 2.74. The van der Waals surface area contributed by atoms with Crippen LogP contribution >= 0.6 is 23.2 Å². The summed E-state index contributed by atoms with van der Waals surface area (Å²) in [4.78, 5) is 16.0. The average molecular weight is 435 g/mol. The van der Waals surface area contributed by atoms with Gasteiger partial charge in [0, 0.05) is 35.9 Å². The fourth-order valence-electron chi connectivity index (χ4n) is 3.99. The van der Waals surface area contributed by atoms with E-state index in [0.717, 1.165) is 37.2 Å². The summed E-state index contributed by atoms with van der Waals surface area (Å²) >= 11 is 13.0. The zero-order valence-electron chi connectivity index (χ0n) is 16.7. The van der Waals surface area contributed by atoms with Crippen LogP contribution in [-0.4, -0.2) is 37.1 Å². The maximum absolute atomic E-state index is 11.8. The highest BCUT2D eigenvalue weighted by Crippen LogP contribution is 2.36. The molecule has 1 saturated heterocycles. The molecule has 1 fully saturated rings. The van der Waals surface area contributed by atoms with Crippen molar-refractivity contribution < 1.29 is 4.79 Å². The number of pyridine rings is 1. The zero-order valence-corrected chi connectivity index (χ0v) is 18.2. The number of nitrogens with one attached hydrogen (secondary N) is 3. The number of piperidine rings is 1. The molecule has 2 aromatic rings. The predicted molar refractivity (Wildman–Crippen MR) is 118 cm³/mol. The molecular weight excluding hydrogens is 407 g/mol. The van der Waals surface area contributed by atoms with Gasteiger partial charge in [-0.1, -0.05) is 23.2 Å². The van der Waals surface area contributed by atoms with E-state index in [4.69, 9.17) is 23.2 Å². The van der Waals surface area contributed by atoms with Crippen molar-refractivity contribution in [2.45, 2.75) is 31.7 Å². The van der Waals surface area contributed by atoms with Crippen molar-refractivity contribution in [1.29, 1.82) is 0 Å². The molecule has 0 bridgehead atoms. The van der Waals surface area contributed by atoms with Crippen LogP contribution in [0.5, 0.6) is 0 Å². The molecular formula is C22H28Cl2N4O. The van der Waals surface area contributed by atoms with E-state index in [9.17, 15) is 4.79 Å². The molecule has 0 saturated carbocycles. The van der Waals surface area contributed by atoms with Gasteiger partial charge in [-0.15, -0.1) is 0 Å². The lowest BCUT2D eigenvalue weighted by Gasteiger charge is -2.38. The second-order valence-electron chi connectivity index (χ2n) is 7.58. The molecule has 2 heterocycles. The second kappa shape index (κ2) is 10.4. The molecule has 156 valence electrons. The Kier molecular flexibility index (Phi) is 7.90. The van der Waals surface area contributed by atoms with E-state index in [1.54, 1.807) is 24.5 Å². The highest BCUT2D eigenvalue weighted by Gasteiger charge is 2.36. The predicted octanol–water partition coefficient (Wildman–Crippen LogP) is 3.75. The maximum Gasteiger partial charge on any atom is 0.216 e. The van der Waals surface area contributed by atoms with Gasteiger partial charge in [-0.3, -0.25) is 9.78 Å².